The fraction of sp³-hybridized carbons (Fsp3) is 0.235. The van der Waals surface area contributed by atoms with Gasteiger partial charge in [-0.2, -0.15) is 0 Å². The van der Waals surface area contributed by atoms with Crippen molar-refractivity contribution >= 4 is 11.6 Å². The molecule has 0 saturated carbocycles. The molecule has 0 aliphatic carbocycles. The van der Waals surface area contributed by atoms with Crippen LogP contribution in [0.2, 0.25) is 0 Å². The molecule has 1 amide bonds. The number of amides is 1. The van der Waals surface area contributed by atoms with E-state index in [0.29, 0.717) is 11.5 Å². The molecule has 0 spiro atoms. The Bertz CT molecular complexity index is 681. The molecule has 1 aliphatic heterocycles. The summed E-state index contributed by atoms with van der Waals surface area (Å²) in [6.45, 7) is 4.17. The zero-order chi connectivity index (χ0) is 14.8. The zero-order valence-electron chi connectivity index (χ0n) is 12.1. The largest absolute Gasteiger partial charge is 0.485 e. The van der Waals surface area contributed by atoms with Gasteiger partial charge in [0.15, 0.2) is 11.5 Å². The van der Waals surface area contributed by atoms with Gasteiger partial charge in [0.2, 0.25) is 6.10 Å². The van der Waals surface area contributed by atoms with Gasteiger partial charge in [0, 0.05) is 5.69 Å². The molecule has 0 bridgehead atoms. The first-order valence-corrected chi connectivity index (χ1v) is 6.90. The third-order valence-corrected chi connectivity index (χ3v) is 3.45. The summed E-state index contributed by atoms with van der Waals surface area (Å²) in [6.07, 6.45) is -0.639. The lowest BCUT2D eigenvalue weighted by Gasteiger charge is -2.25. The second kappa shape index (κ2) is 5.48. The summed E-state index contributed by atoms with van der Waals surface area (Å²) < 4.78 is 11.3. The number of nitrogens with one attached hydrogen (secondary N) is 1. The first-order chi connectivity index (χ1) is 10.1. The Morgan fingerprint density at radius 3 is 2.71 bits per heavy atom. The maximum atomic E-state index is 12.3. The van der Waals surface area contributed by atoms with Gasteiger partial charge in [-0.3, -0.25) is 4.79 Å². The summed E-state index contributed by atoms with van der Waals surface area (Å²) in [7, 11) is 0. The van der Waals surface area contributed by atoms with E-state index in [1.54, 1.807) is 6.07 Å². The van der Waals surface area contributed by atoms with Crippen molar-refractivity contribution in [3.8, 4) is 11.5 Å². The summed E-state index contributed by atoms with van der Waals surface area (Å²) in [5, 5.41) is 2.91. The lowest BCUT2D eigenvalue weighted by Crippen LogP contribution is -2.40. The number of aryl methyl sites for hydroxylation is 2. The predicted molar refractivity (Wildman–Crippen MR) is 80.9 cm³/mol. The molecule has 4 heteroatoms. The zero-order valence-corrected chi connectivity index (χ0v) is 12.1. The van der Waals surface area contributed by atoms with Crippen LogP contribution in [0.4, 0.5) is 5.69 Å². The van der Waals surface area contributed by atoms with Gasteiger partial charge in [-0.05, 0) is 43.2 Å². The number of benzene rings is 2. The Balaban J connectivity index is 1.74. The van der Waals surface area contributed by atoms with Crippen LogP contribution in [0.25, 0.3) is 0 Å². The SMILES string of the molecule is Cc1ccc(C)c(NC(=O)[C@H]2COc3ccccc3O2)c1. The van der Waals surface area contributed by atoms with E-state index in [2.05, 4.69) is 5.32 Å². The molecular weight excluding hydrogens is 266 g/mol. The monoisotopic (exact) mass is 283 g/mol. The van der Waals surface area contributed by atoms with Crippen LogP contribution in [0.3, 0.4) is 0 Å². The van der Waals surface area contributed by atoms with Crippen LogP contribution >= 0.6 is 0 Å². The first kappa shape index (κ1) is 13.5. The van der Waals surface area contributed by atoms with Crippen molar-refractivity contribution in [2.24, 2.45) is 0 Å². The van der Waals surface area contributed by atoms with Crippen molar-refractivity contribution in [1.82, 2.24) is 0 Å². The van der Waals surface area contributed by atoms with Crippen LogP contribution in [0, 0.1) is 13.8 Å². The Morgan fingerprint density at radius 1 is 1.14 bits per heavy atom. The van der Waals surface area contributed by atoms with Crippen LogP contribution in [0.5, 0.6) is 11.5 Å². The van der Waals surface area contributed by atoms with Gasteiger partial charge >= 0.3 is 0 Å². The molecule has 3 rings (SSSR count). The highest BCUT2D eigenvalue weighted by atomic mass is 16.6. The number of hydrogen-bond donors (Lipinski definition) is 1. The minimum atomic E-state index is -0.639. The maximum absolute atomic E-state index is 12.3. The van der Waals surface area contributed by atoms with Gasteiger partial charge in [-0.1, -0.05) is 24.3 Å². The van der Waals surface area contributed by atoms with E-state index >= 15 is 0 Å². The van der Waals surface area contributed by atoms with E-state index < -0.39 is 6.10 Å². The molecule has 21 heavy (non-hydrogen) atoms. The fourth-order valence-corrected chi connectivity index (χ4v) is 2.23. The third kappa shape index (κ3) is 2.84. The van der Waals surface area contributed by atoms with Gasteiger partial charge < -0.3 is 14.8 Å². The number of ether oxygens (including phenoxy) is 2. The molecule has 0 unspecified atom stereocenters. The first-order valence-electron chi connectivity index (χ1n) is 6.90. The van der Waals surface area contributed by atoms with Crippen molar-refractivity contribution < 1.29 is 14.3 Å². The highest BCUT2D eigenvalue weighted by Gasteiger charge is 2.27. The number of para-hydroxylation sites is 2. The Labute approximate surface area is 123 Å². The minimum Gasteiger partial charge on any atom is -0.485 e. The Kier molecular flexibility index (Phi) is 3.52. The molecule has 0 saturated heterocycles. The van der Waals surface area contributed by atoms with Crippen LogP contribution < -0.4 is 14.8 Å². The average molecular weight is 283 g/mol. The van der Waals surface area contributed by atoms with E-state index in [1.807, 2.05) is 50.2 Å². The highest BCUT2D eigenvalue weighted by Crippen LogP contribution is 2.31. The molecular formula is C17H17NO3. The number of rotatable bonds is 2. The van der Waals surface area contributed by atoms with E-state index in [9.17, 15) is 4.79 Å². The fourth-order valence-electron chi connectivity index (χ4n) is 2.23. The maximum Gasteiger partial charge on any atom is 0.269 e. The number of anilines is 1. The molecule has 0 aromatic heterocycles. The lowest BCUT2D eigenvalue weighted by molar-refractivity contribution is -0.125. The molecule has 1 aliphatic rings. The molecule has 0 radical (unpaired) electrons. The quantitative estimate of drug-likeness (QED) is 0.921. The van der Waals surface area contributed by atoms with E-state index in [1.165, 1.54) is 0 Å². The average Bonchev–Trinajstić information content (AvgIpc) is 2.50. The second-order valence-corrected chi connectivity index (χ2v) is 5.17. The minimum absolute atomic E-state index is 0.196. The van der Waals surface area contributed by atoms with Crippen molar-refractivity contribution in [2.75, 3.05) is 11.9 Å². The molecule has 1 heterocycles. The molecule has 2 aromatic carbocycles. The highest BCUT2D eigenvalue weighted by molar-refractivity contribution is 5.95. The molecule has 0 fully saturated rings. The summed E-state index contributed by atoms with van der Waals surface area (Å²) in [6, 6.07) is 13.3. The lowest BCUT2D eigenvalue weighted by atomic mass is 10.1. The molecule has 4 nitrogen and oxygen atoms in total. The number of carbonyl (C=O) groups excluding carboxylic acids is 1. The van der Waals surface area contributed by atoms with Crippen molar-refractivity contribution in [1.29, 1.82) is 0 Å². The number of fused-ring (bicyclic) bond motifs is 1. The van der Waals surface area contributed by atoms with Gasteiger partial charge in [-0.15, -0.1) is 0 Å². The molecule has 2 aromatic rings. The summed E-state index contributed by atoms with van der Waals surface area (Å²) in [5.74, 6) is 1.08. The van der Waals surface area contributed by atoms with Crippen molar-refractivity contribution in [3.63, 3.8) is 0 Å². The van der Waals surface area contributed by atoms with Crippen molar-refractivity contribution in [3.05, 3.63) is 53.6 Å². The molecule has 108 valence electrons. The normalized spacial score (nSPS) is 16.4. The smallest absolute Gasteiger partial charge is 0.269 e. The van der Waals surface area contributed by atoms with E-state index in [4.69, 9.17) is 9.47 Å². The van der Waals surface area contributed by atoms with Gasteiger partial charge in [-0.25, -0.2) is 0 Å². The summed E-state index contributed by atoms with van der Waals surface area (Å²) in [5.41, 5.74) is 2.93. The Hall–Kier alpha value is -2.49. The van der Waals surface area contributed by atoms with Crippen LogP contribution in [-0.2, 0) is 4.79 Å². The van der Waals surface area contributed by atoms with E-state index in [0.717, 1.165) is 16.8 Å². The summed E-state index contributed by atoms with van der Waals surface area (Å²) >= 11 is 0. The van der Waals surface area contributed by atoms with Gasteiger partial charge in [0.05, 0.1) is 0 Å². The molecule has 1 atom stereocenters. The Morgan fingerprint density at radius 2 is 1.90 bits per heavy atom. The standard InChI is InChI=1S/C17H17NO3/c1-11-7-8-12(2)13(9-11)18-17(19)16-10-20-14-5-3-4-6-15(14)21-16/h3-9,16H,10H2,1-2H3,(H,18,19)/t16-/m1/s1. The topological polar surface area (TPSA) is 47.6 Å². The predicted octanol–water partition coefficient (Wildman–Crippen LogP) is 3.08. The van der Waals surface area contributed by atoms with Crippen LogP contribution in [0.15, 0.2) is 42.5 Å². The second-order valence-electron chi connectivity index (χ2n) is 5.17. The molecule has 1 N–H and O–H groups in total. The van der Waals surface area contributed by atoms with Crippen LogP contribution in [0.1, 0.15) is 11.1 Å². The van der Waals surface area contributed by atoms with Gasteiger partial charge in [0.25, 0.3) is 5.91 Å². The summed E-state index contributed by atoms with van der Waals surface area (Å²) in [4.78, 5) is 12.3. The van der Waals surface area contributed by atoms with Crippen LogP contribution in [-0.4, -0.2) is 18.6 Å². The van der Waals surface area contributed by atoms with Crippen molar-refractivity contribution in [2.45, 2.75) is 20.0 Å². The van der Waals surface area contributed by atoms with E-state index in [-0.39, 0.29) is 12.5 Å². The van der Waals surface area contributed by atoms with Gasteiger partial charge in [0.1, 0.15) is 6.61 Å². The number of carbonyl (C=O) groups is 1. The third-order valence-electron chi connectivity index (χ3n) is 3.45. The number of hydrogen-bond acceptors (Lipinski definition) is 3.